The summed E-state index contributed by atoms with van der Waals surface area (Å²) in [6.07, 6.45) is 4.84. The van der Waals surface area contributed by atoms with E-state index in [2.05, 4.69) is 28.5 Å². The molecule has 3 rings (SSSR count). The molecule has 0 saturated heterocycles. The Hall–Kier alpha value is -1.54. The number of hydrogen-bond acceptors (Lipinski definition) is 2. The van der Waals surface area contributed by atoms with Crippen molar-refractivity contribution in [2.75, 3.05) is 11.9 Å². The van der Waals surface area contributed by atoms with Crippen LogP contribution in [0.4, 0.5) is 5.69 Å². The first-order valence-electron chi connectivity index (χ1n) is 5.78. The molecule has 17 heavy (non-hydrogen) atoms. The van der Waals surface area contributed by atoms with Crippen molar-refractivity contribution in [3.63, 3.8) is 0 Å². The van der Waals surface area contributed by atoms with Crippen molar-refractivity contribution in [3.05, 3.63) is 58.9 Å². The SMILES string of the molecule is Clc1ccc2c(c1)C(c1cccnc1)CCN2. The fourth-order valence-electron chi connectivity index (χ4n) is 2.42. The predicted octanol–water partition coefficient (Wildman–Crippen LogP) is 3.68. The molecule has 0 fully saturated rings. The number of halogens is 1. The fourth-order valence-corrected chi connectivity index (χ4v) is 2.60. The largest absolute Gasteiger partial charge is 0.385 e. The van der Waals surface area contributed by atoms with Crippen LogP contribution in [0.15, 0.2) is 42.7 Å². The summed E-state index contributed by atoms with van der Waals surface area (Å²) < 4.78 is 0. The van der Waals surface area contributed by atoms with E-state index in [9.17, 15) is 0 Å². The van der Waals surface area contributed by atoms with Gasteiger partial charge in [-0.3, -0.25) is 4.98 Å². The molecule has 0 aliphatic carbocycles. The van der Waals surface area contributed by atoms with Crippen LogP contribution in [0.5, 0.6) is 0 Å². The highest BCUT2D eigenvalue weighted by Gasteiger charge is 2.21. The molecule has 0 spiro atoms. The maximum atomic E-state index is 6.09. The summed E-state index contributed by atoms with van der Waals surface area (Å²) in [5.74, 6) is 0.402. The van der Waals surface area contributed by atoms with E-state index in [4.69, 9.17) is 11.6 Å². The maximum absolute atomic E-state index is 6.09. The van der Waals surface area contributed by atoms with E-state index >= 15 is 0 Å². The molecule has 0 saturated carbocycles. The van der Waals surface area contributed by atoms with E-state index in [1.54, 1.807) is 0 Å². The average Bonchev–Trinajstić information content (AvgIpc) is 2.39. The molecule has 1 aromatic carbocycles. The molecule has 1 N–H and O–H groups in total. The van der Waals surface area contributed by atoms with Gasteiger partial charge >= 0.3 is 0 Å². The Morgan fingerprint density at radius 1 is 1.29 bits per heavy atom. The summed E-state index contributed by atoms with van der Waals surface area (Å²) >= 11 is 6.09. The van der Waals surface area contributed by atoms with Gasteiger partial charge in [0.2, 0.25) is 0 Å². The molecule has 0 bridgehead atoms. The quantitative estimate of drug-likeness (QED) is 0.828. The number of rotatable bonds is 1. The molecule has 1 aliphatic heterocycles. The highest BCUT2D eigenvalue weighted by Crippen LogP contribution is 2.37. The van der Waals surface area contributed by atoms with Crippen molar-refractivity contribution in [3.8, 4) is 0 Å². The highest BCUT2D eigenvalue weighted by molar-refractivity contribution is 6.30. The van der Waals surface area contributed by atoms with Gasteiger partial charge in [0.1, 0.15) is 0 Å². The van der Waals surface area contributed by atoms with Crippen LogP contribution in [0.25, 0.3) is 0 Å². The van der Waals surface area contributed by atoms with Crippen molar-refractivity contribution in [2.24, 2.45) is 0 Å². The molecule has 2 aromatic rings. The fraction of sp³-hybridized carbons (Fsp3) is 0.214. The number of fused-ring (bicyclic) bond motifs is 1. The van der Waals surface area contributed by atoms with Crippen LogP contribution in [0.3, 0.4) is 0 Å². The summed E-state index contributed by atoms with van der Waals surface area (Å²) in [7, 11) is 0. The second kappa shape index (κ2) is 4.38. The number of nitrogens with one attached hydrogen (secondary N) is 1. The zero-order valence-electron chi connectivity index (χ0n) is 9.36. The summed E-state index contributed by atoms with van der Waals surface area (Å²) in [5.41, 5.74) is 3.73. The molecule has 0 amide bonds. The van der Waals surface area contributed by atoms with E-state index in [1.165, 1.54) is 16.8 Å². The van der Waals surface area contributed by atoms with Crippen molar-refractivity contribution in [1.29, 1.82) is 0 Å². The third kappa shape index (κ3) is 2.01. The van der Waals surface area contributed by atoms with Gasteiger partial charge in [-0.1, -0.05) is 17.7 Å². The van der Waals surface area contributed by atoms with Crippen LogP contribution in [-0.2, 0) is 0 Å². The van der Waals surface area contributed by atoms with Crippen molar-refractivity contribution in [2.45, 2.75) is 12.3 Å². The molecule has 3 heteroatoms. The van der Waals surface area contributed by atoms with E-state index in [0.29, 0.717) is 5.92 Å². The standard InChI is InChI=1S/C14H13ClN2/c15-11-3-4-14-13(8-11)12(5-7-17-14)10-2-1-6-16-9-10/h1-4,6,8-9,12,17H,5,7H2. The van der Waals surface area contributed by atoms with Gasteiger partial charge in [0.25, 0.3) is 0 Å². The Balaban J connectivity index is 2.08. The van der Waals surface area contributed by atoms with Crippen LogP contribution in [0.2, 0.25) is 5.02 Å². The van der Waals surface area contributed by atoms with Gasteiger partial charge in [0, 0.05) is 35.6 Å². The van der Waals surface area contributed by atoms with Gasteiger partial charge in [-0.15, -0.1) is 0 Å². The van der Waals surface area contributed by atoms with Crippen LogP contribution < -0.4 is 5.32 Å². The first kappa shape index (κ1) is 10.6. The van der Waals surface area contributed by atoms with E-state index in [0.717, 1.165) is 18.0 Å². The van der Waals surface area contributed by atoms with Gasteiger partial charge < -0.3 is 5.32 Å². The average molecular weight is 245 g/mol. The summed E-state index contributed by atoms with van der Waals surface area (Å²) in [5, 5.41) is 4.20. The normalized spacial score (nSPS) is 18.3. The van der Waals surface area contributed by atoms with Gasteiger partial charge in [0.15, 0.2) is 0 Å². The van der Waals surface area contributed by atoms with E-state index < -0.39 is 0 Å². The number of benzene rings is 1. The Labute approximate surface area is 106 Å². The molecule has 86 valence electrons. The Kier molecular flexibility index (Phi) is 2.73. The van der Waals surface area contributed by atoms with Crippen LogP contribution in [0, 0.1) is 0 Å². The minimum atomic E-state index is 0.402. The lowest BCUT2D eigenvalue weighted by Gasteiger charge is -2.27. The number of aromatic nitrogens is 1. The molecular formula is C14H13ClN2. The minimum Gasteiger partial charge on any atom is -0.385 e. The van der Waals surface area contributed by atoms with E-state index in [1.807, 2.05) is 24.5 Å². The monoisotopic (exact) mass is 244 g/mol. The zero-order valence-corrected chi connectivity index (χ0v) is 10.1. The maximum Gasteiger partial charge on any atom is 0.0410 e. The zero-order chi connectivity index (χ0) is 11.7. The lowest BCUT2D eigenvalue weighted by molar-refractivity contribution is 0.717. The molecule has 2 nitrogen and oxygen atoms in total. The predicted molar refractivity (Wildman–Crippen MR) is 70.6 cm³/mol. The summed E-state index contributed by atoms with van der Waals surface area (Å²) in [4.78, 5) is 4.20. The molecule has 0 radical (unpaired) electrons. The van der Waals surface area contributed by atoms with Crippen LogP contribution in [-0.4, -0.2) is 11.5 Å². The Bertz CT molecular complexity index is 525. The van der Waals surface area contributed by atoms with Gasteiger partial charge in [-0.2, -0.15) is 0 Å². The summed E-state index contributed by atoms with van der Waals surface area (Å²) in [6.45, 7) is 0.994. The first-order valence-corrected chi connectivity index (χ1v) is 6.15. The second-order valence-electron chi connectivity index (χ2n) is 4.29. The third-order valence-electron chi connectivity index (χ3n) is 3.22. The highest BCUT2D eigenvalue weighted by atomic mass is 35.5. The van der Waals surface area contributed by atoms with E-state index in [-0.39, 0.29) is 0 Å². The summed E-state index contributed by atoms with van der Waals surface area (Å²) in [6, 6.07) is 10.2. The van der Waals surface area contributed by atoms with Crippen molar-refractivity contribution >= 4 is 17.3 Å². The van der Waals surface area contributed by atoms with Crippen molar-refractivity contribution < 1.29 is 0 Å². The van der Waals surface area contributed by atoms with Crippen molar-refractivity contribution in [1.82, 2.24) is 4.98 Å². The first-order chi connectivity index (χ1) is 8.34. The van der Waals surface area contributed by atoms with Gasteiger partial charge in [0.05, 0.1) is 0 Å². The Morgan fingerprint density at radius 2 is 2.24 bits per heavy atom. The lowest BCUT2D eigenvalue weighted by atomic mass is 9.86. The molecule has 2 heterocycles. The second-order valence-corrected chi connectivity index (χ2v) is 4.72. The molecule has 1 aromatic heterocycles. The van der Waals surface area contributed by atoms with Gasteiger partial charge in [-0.05, 0) is 41.8 Å². The number of hydrogen-bond donors (Lipinski definition) is 1. The Morgan fingerprint density at radius 3 is 3.06 bits per heavy atom. The molecule has 1 unspecified atom stereocenters. The van der Waals surface area contributed by atoms with Crippen LogP contribution >= 0.6 is 11.6 Å². The minimum absolute atomic E-state index is 0.402. The smallest absolute Gasteiger partial charge is 0.0410 e. The third-order valence-corrected chi connectivity index (χ3v) is 3.46. The number of nitrogens with zero attached hydrogens (tertiary/aromatic N) is 1. The van der Waals surface area contributed by atoms with Gasteiger partial charge in [-0.25, -0.2) is 0 Å². The topological polar surface area (TPSA) is 24.9 Å². The molecule has 1 atom stereocenters. The number of pyridine rings is 1. The number of anilines is 1. The molecular weight excluding hydrogens is 232 g/mol. The molecule has 1 aliphatic rings. The lowest BCUT2D eigenvalue weighted by Crippen LogP contribution is -2.17. The van der Waals surface area contributed by atoms with Crippen LogP contribution in [0.1, 0.15) is 23.5 Å².